The summed E-state index contributed by atoms with van der Waals surface area (Å²) in [6, 6.07) is 0. The van der Waals surface area contributed by atoms with Crippen LogP contribution < -0.4 is 0 Å². The van der Waals surface area contributed by atoms with Crippen LogP contribution in [-0.2, 0) is 0 Å². The fourth-order valence-electron chi connectivity index (χ4n) is 2.15. The van der Waals surface area contributed by atoms with Gasteiger partial charge in [-0.2, -0.15) is 0 Å². The number of fused-ring (bicyclic) bond motifs is 1. The second-order valence-corrected chi connectivity index (χ2v) is 11.5. The maximum absolute atomic E-state index is 2.35. The van der Waals surface area contributed by atoms with Gasteiger partial charge in [0.25, 0.3) is 0 Å². The molecule has 0 saturated heterocycles. The fraction of sp³-hybridized carbons (Fsp3) is 0.667. The lowest BCUT2D eigenvalue weighted by Crippen LogP contribution is -2.11. The molecule has 0 aliphatic carbocycles. The van der Waals surface area contributed by atoms with Gasteiger partial charge in [0, 0.05) is 0 Å². The van der Waals surface area contributed by atoms with Crippen molar-refractivity contribution in [3.63, 3.8) is 0 Å². The van der Waals surface area contributed by atoms with Crippen molar-refractivity contribution < 1.29 is 0 Å². The predicted octanol–water partition coefficient (Wildman–Crippen LogP) is 4.57. The summed E-state index contributed by atoms with van der Waals surface area (Å²) in [6.45, 7) is 9.41. The maximum Gasteiger partial charge on any atom is -0.00726 e. The van der Waals surface area contributed by atoms with Crippen molar-refractivity contribution in [2.45, 2.75) is 27.7 Å². The summed E-state index contributed by atoms with van der Waals surface area (Å²) in [5.41, 5.74) is 6.84. The Morgan fingerprint density at radius 2 is 0.786 bits per heavy atom. The van der Waals surface area contributed by atoms with E-state index in [9.17, 15) is 0 Å². The molecule has 0 bridgehead atoms. The first kappa shape index (κ1) is 10.8. The first-order chi connectivity index (χ1) is 6.58. The number of hydrogen-bond acceptors (Lipinski definition) is 0. The van der Waals surface area contributed by atoms with Crippen LogP contribution in [-0.4, -0.2) is 24.6 Å². The second-order valence-electron chi connectivity index (χ2n) is 4.77. The summed E-state index contributed by atoms with van der Waals surface area (Å²) in [5, 5.41) is 0. The quantitative estimate of drug-likeness (QED) is 0.419. The topological polar surface area (TPSA) is 0 Å². The SMILES string of the molecule is CC1=C(C)CP2CC(C)=C(C)CP2C1. The van der Waals surface area contributed by atoms with Crippen LogP contribution in [0.15, 0.2) is 22.3 Å². The van der Waals surface area contributed by atoms with E-state index >= 15 is 0 Å². The molecule has 2 rings (SSSR count). The van der Waals surface area contributed by atoms with Gasteiger partial charge in [-0.1, -0.05) is 37.5 Å². The highest BCUT2D eigenvalue weighted by molar-refractivity contribution is 8.30. The van der Waals surface area contributed by atoms with Crippen LogP contribution in [0.25, 0.3) is 0 Å². The van der Waals surface area contributed by atoms with Gasteiger partial charge in [-0.05, 0) is 52.3 Å². The number of hydrogen-bond donors (Lipinski definition) is 0. The molecule has 2 heterocycles. The maximum atomic E-state index is 2.35. The first-order valence-electron chi connectivity index (χ1n) is 5.38. The van der Waals surface area contributed by atoms with Crippen molar-refractivity contribution in [3.8, 4) is 0 Å². The lowest BCUT2D eigenvalue weighted by atomic mass is 10.2. The Kier molecular flexibility index (Phi) is 3.15. The van der Waals surface area contributed by atoms with Crippen LogP contribution >= 0.6 is 15.2 Å². The van der Waals surface area contributed by atoms with E-state index in [0.717, 1.165) is 0 Å². The van der Waals surface area contributed by atoms with Crippen LogP contribution in [0.2, 0.25) is 0 Å². The lowest BCUT2D eigenvalue weighted by Gasteiger charge is -2.38. The Bertz CT molecular complexity index is 252. The van der Waals surface area contributed by atoms with Crippen molar-refractivity contribution >= 4 is 15.2 Å². The van der Waals surface area contributed by atoms with Gasteiger partial charge in [-0.25, -0.2) is 0 Å². The van der Waals surface area contributed by atoms with E-state index < -0.39 is 0 Å². The molecule has 0 aromatic rings. The third kappa shape index (κ3) is 1.98. The Balaban J connectivity index is 2.18. The summed E-state index contributed by atoms with van der Waals surface area (Å²) in [5.74, 6) is 0. The van der Waals surface area contributed by atoms with Gasteiger partial charge < -0.3 is 0 Å². The molecule has 78 valence electrons. The Morgan fingerprint density at radius 3 is 1.00 bits per heavy atom. The van der Waals surface area contributed by atoms with E-state index in [4.69, 9.17) is 0 Å². The zero-order valence-electron chi connectivity index (χ0n) is 9.72. The van der Waals surface area contributed by atoms with Gasteiger partial charge in [0.2, 0.25) is 0 Å². The monoisotopic (exact) mass is 226 g/mol. The minimum Gasteiger partial charge on any atom is -0.0721 e. The average Bonchev–Trinajstić information content (AvgIpc) is 2.11. The van der Waals surface area contributed by atoms with Crippen LogP contribution in [0.4, 0.5) is 0 Å². The summed E-state index contributed by atoms with van der Waals surface area (Å²) in [7, 11) is 0.742. The molecule has 0 unspecified atom stereocenters. The van der Waals surface area contributed by atoms with E-state index in [2.05, 4.69) is 27.7 Å². The summed E-state index contributed by atoms with van der Waals surface area (Å²) in [4.78, 5) is 0. The van der Waals surface area contributed by atoms with Crippen LogP contribution in [0.1, 0.15) is 27.7 Å². The van der Waals surface area contributed by atoms with Gasteiger partial charge in [-0.3, -0.25) is 0 Å². The molecule has 2 aliphatic rings. The van der Waals surface area contributed by atoms with Crippen molar-refractivity contribution in [1.29, 1.82) is 0 Å². The predicted molar refractivity (Wildman–Crippen MR) is 70.1 cm³/mol. The Labute approximate surface area is 90.3 Å². The van der Waals surface area contributed by atoms with E-state index in [-0.39, 0.29) is 0 Å². The van der Waals surface area contributed by atoms with Gasteiger partial charge in [0.05, 0.1) is 0 Å². The normalized spacial score (nSPS) is 33.4. The van der Waals surface area contributed by atoms with Gasteiger partial charge in [0.15, 0.2) is 0 Å². The van der Waals surface area contributed by atoms with E-state index in [1.807, 2.05) is 0 Å². The van der Waals surface area contributed by atoms with E-state index in [1.54, 1.807) is 22.3 Å². The van der Waals surface area contributed by atoms with Crippen LogP contribution in [0, 0.1) is 0 Å². The molecule has 0 fully saturated rings. The average molecular weight is 226 g/mol. The molecular formula is C12H20P2. The molecular weight excluding hydrogens is 206 g/mol. The highest BCUT2D eigenvalue weighted by atomic mass is 32.1. The van der Waals surface area contributed by atoms with E-state index in [1.165, 1.54) is 24.6 Å². The Morgan fingerprint density at radius 1 is 0.571 bits per heavy atom. The van der Waals surface area contributed by atoms with Crippen LogP contribution in [0.5, 0.6) is 0 Å². The van der Waals surface area contributed by atoms with Crippen molar-refractivity contribution in [1.82, 2.24) is 0 Å². The van der Waals surface area contributed by atoms with Crippen molar-refractivity contribution in [2.24, 2.45) is 0 Å². The second kappa shape index (κ2) is 4.07. The third-order valence-electron chi connectivity index (χ3n) is 3.54. The zero-order chi connectivity index (χ0) is 10.3. The smallest absolute Gasteiger partial charge is 0.00726 e. The molecule has 0 radical (unpaired) electrons. The number of rotatable bonds is 0. The molecule has 0 saturated carbocycles. The molecule has 14 heavy (non-hydrogen) atoms. The summed E-state index contributed by atoms with van der Waals surface area (Å²) >= 11 is 0. The summed E-state index contributed by atoms with van der Waals surface area (Å²) < 4.78 is 0. The van der Waals surface area contributed by atoms with Crippen LogP contribution in [0.3, 0.4) is 0 Å². The molecule has 2 aliphatic heterocycles. The third-order valence-corrected chi connectivity index (χ3v) is 11.8. The molecule has 0 amide bonds. The molecule has 0 atom stereocenters. The molecule has 2 heteroatoms. The fourth-order valence-corrected chi connectivity index (χ4v) is 11.4. The van der Waals surface area contributed by atoms with Gasteiger partial charge >= 0.3 is 0 Å². The Hall–Kier alpha value is 0.340. The molecule has 0 nitrogen and oxygen atoms in total. The van der Waals surface area contributed by atoms with E-state index in [0.29, 0.717) is 15.2 Å². The minimum absolute atomic E-state index is 0.371. The molecule has 0 spiro atoms. The standard InChI is InChI=1S/C12H20P2/c1-9-5-13-7-11(3)12(4)8-14(13)6-10(9)2/h5-8H2,1-4H3. The van der Waals surface area contributed by atoms with Gasteiger partial charge in [-0.15, -0.1) is 0 Å². The largest absolute Gasteiger partial charge is 0.0721 e. The number of allylic oxidation sites excluding steroid dienone is 4. The highest BCUT2D eigenvalue weighted by Crippen LogP contribution is 2.75. The highest BCUT2D eigenvalue weighted by Gasteiger charge is 2.29. The molecule has 0 aromatic heterocycles. The van der Waals surface area contributed by atoms with Crippen molar-refractivity contribution in [2.75, 3.05) is 24.6 Å². The lowest BCUT2D eigenvalue weighted by molar-refractivity contribution is 1.18. The molecule has 0 aromatic carbocycles. The van der Waals surface area contributed by atoms with Gasteiger partial charge in [0.1, 0.15) is 0 Å². The first-order valence-corrected chi connectivity index (χ1v) is 9.51. The minimum atomic E-state index is 0.371. The molecule has 0 N–H and O–H groups in total. The summed E-state index contributed by atoms with van der Waals surface area (Å²) in [6.07, 6.45) is 5.82. The van der Waals surface area contributed by atoms with Crippen molar-refractivity contribution in [3.05, 3.63) is 22.3 Å². The zero-order valence-corrected chi connectivity index (χ0v) is 11.5.